The molecule has 1 amide bonds. The molecule has 1 heterocycles. The lowest BCUT2D eigenvalue weighted by Crippen LogP contribution is -2.42. The smallest absolute Gasteiger partial charge is 0.410 e. The van der Waals surface area contributed by atoms with Crippen molar-refractivity contribution < 1.29 is 9.53 Å². The van der Waals surface area contributed by atoms with Crippen molar-refractivity contribution in [2.45, 2.75) is 32.8 Å². The van der Waals surface area contributed by atoms with Crippen LogP contribution in [0.4, 0.5) is 4.79 Å². The highest BCUT2D eigenvalue weighted by atomic mass is 35.5. The molecule has 0 unspecified atom stereocenters. The minimum atomic E-state index is -0.489. The first-order valence-corrected chi connectivity index (χ1v) is 6.15. The quantitative estimate of drug-likeness (QED) is 0.686. The lowest BCUT2D eigenvalue weighted by molar-refractivity contribution is 0.0267. The van der Waals surface area contributed by atoms with Gasteiger partial charge in [-0.2, -0.15) is 0 Å². The Hall–Kier alpha value is -1.29. The van der Waals surface area contributed by atoms with Crippen LogP contribution in [-0.2, 0) is 4.74 Å². The molecule has 0 bridgehead atoms. The van der Waals surface area contributed by atoms with Crippen molar-refractivity contribution in [3.8, 4) is 0 Å². The Morgan fingerprint density at radius 3 is 2.56 bits per heavy atom. The summed E-state index contributed by atoms with van der Waals surface area (Å²) in [6.07, 6.45) is 0.288. The van der Waals surface area contributed by atoms with Crippen LogP contribution in [0.25, 0.3) is 0 Å². The van der Waals surface area contributed by atoms with Gasteiger partial charge in [-0.3, -0.25) is 0 Å². The molecule has 100 valence electrons. The fraction of sp³-hybridized carbons (Fsp3) is 0.538. The molecule has 1 aliphatic heterocycles. The van der Waals surface area contributed by atoms with Crippen LogP contribution in [0, 0.1) is 0 Å². The fourth-order valence-corrected chi connectivity index (χ4v) is 1.68. The van der Waals surface area contributed by atoms with Crippen LogP contribution in [0.3, 0.4) is 0 Å². The van der Waals surface area contributed by atoms with Gasteiger partial charge in [-0.1, -0.05) is 24.8 Å². The molecule has 4 nitrogen and oxygen atoms in total. The molecule has 18 heavy (non-hydrogen) atoms. The van der Waals surface area contributed by atoms with E-state index in [0.717, 1.165) is 11.3 Å². The van der Waals surface area contributed by atoms with E-state index < -0.39 is 5.60 Å². The van der Waals surface area contributed by atoms with Crippen LogP contribution in [0.2, 0.25) is 0 Å². The monoisotopic (exact) mass is 270 g/mol. The van der Waals surface area contributed by atoms with E-state index in [2.05, 4.69) is 18.2 Å². The third-order valence-corrected chi connectivity index (χ3v) is 2.40. The highest BCUT2D eigenvalue weighted by Gasteiger charge is 2.26. The van der Waals surface area contributed by atoms with Crippen molar-refractivity contribution in [1.82, 2.24) is 4.90 Å². The van der Waals surface area contributed by atoms with E-state index in [1.165, 1.54) is 0 Å². The maximum Gasteiger partial charge on any atom is 0.410 e. The number of hydrogen-bond donors (Lipinski definition) is 0. The van der Waals surface area contributed by atoms with Gasteiger partial charge in [0.05, 0.1) is 6.54 Å². The van der Waals surface area contributed by atoms with E-state index in [9.17, 15) is 4.79 Å². The highest BCUT2D eigenvalue weighted by Crippen LogP contribution is 2.17. The van der Waals surface area contributed by atoms with Crippen LogP contribution in [0.15, 0.2) is 28.9 Å². The SMILES string of the molecule is C=C(Cl)/N=C1/CCN(C(=O)OC(C)(C)C)CC1=C. The van der Waals surface area contributed by atoms with Crippen molar-refractivity contribution in [3.63, 3.8) is 0 Å². The summed E-state index contributed by atoms with van der Waals surface area (Å²) < 4.78 is 5.30. The van der Waals surface area contributed by atoms with E-state index in [-0.39, 0.29) is 11.2 Å². The van der Waals surface area contributed by atoms with Crippen LogP contribution >= 0.6 is 11.6 Å². The summed E-state index contributed by atoms with van der Waals surface area (Å²) in [6, 6.07) is 0. The Morgan fingerprint density at radius 1 is 1.50 bits per heavy atom. The molecular weight excluding hydrogens is 252 g/mol. The minimum absolute atomic E-state index is 0.233. The molecule has 0 saturated carbocycles. The molecule has 1 saturated heterocycles. The van der Waals surface area contributed by atoms with Crippen molar-refractivity contribution in [1.29, 1.82) is 0 Å². The first-order chi connectivity index (χ1) is 8.19. The number of rotatable bonds is 1. The Kier molecular flexibility index (Phi) is 4.57. The van der Waals surface area contributed by atoms with Gasteiger partial charge in [-0.05, 0) is 26.3 Å². The molecular formula is C13H19ClN2O2. The maximum atomic E-state index is 11.9. The summed E-state index contributed by atoms with van der Waals surface area (Å²) in [5.41, 5.74) is 1.08. The predicted octanol–water partition coefficient (Wildman–Crippen LogP) is 3.33. The average Bonchev–Trinajstić information content (AvgIpc) is 2.17. The summed E-state index contributed by atoms with van der Waals surface area (Å²) in [6.45, 7) is 13.9. The zero-order chi connectivity index (χ0) is 13.9. The second-order valence-electron chi connectivity index (χ2n) is 5.19. The number of aliphatic imine (C=N–C) groups is 1. The van der Waals surface area contributed by atoms with Gasteiger partial charge in [0.25, 0.3) is 0 Å². The van der Waals surface area contributed by atoms with Crippen molar-refractivity contribution >= 4 is 23.4 Å². The lowest BCUT2D eigenvalue weighted by atomic mass is 10.0. The molecule has 5 heteroatoms. The summed E-state index contributed by atoms with van der Waals surface area (Å²) in [5.74, 6) is 0. The molecule has 0 aromatic rings. The number of piperidine rings is 1. The average molecular weight is 271 g/mol. The summed E-state index contributed by atoms with van der Waals surface area (Å²) in [5, 5.41) is 0.233. The van der Waals surface area contributed by atoms with Gasteiger partial charge in [0.15, 0.2) is 0 Å². The normalized spacial score (nSPS) is 19.0. The zero-order valence-corrected chi connectivity index (χ0v) is 11.9. The molecule has 0 radical (unpaired) electrons. The van der Waals surface area contributed by atoms with Crippen molar-refractivity contribution in [3.05, 3.63) is 23.9 Å². The Morgan fingerprint density at radius 2 is 2.11 bits per heavy atom. The Labute approximate surface area is 113 Å². The predicted molar refractivity (Wildman–Crippen MR) is 74.0 cm³/mol. The summed E-state index contributed by atoms with van der Waals surface area (Å²) in [4.78, 5) is 17.6. The van der Waals surface area contributed by atoms with Gasteiger partial charge in [-0.15, -0.1) is 0 Å². The second-order valence-corrected chi connectivity index (χ2v) is 5.63. The number of carbonyl (C=O) groups excluding carboxylic acids is 1. The van der Waals surface area contributed by atoms with Gasteiger partial charge in [0, 0.05) is 18.7 Å². The number of halogens is 1. The molecule has 0 aromatic heterocycles. The number of hydrogen-bond acceptors (Lipinski definition) is 3. The van der Waals surface area contributed by atoms with E-state index in [1.807, 2.05) is 20.8 Å². The Bertz CT molecular complexity index is 408. The topological polar surface area (TPSA) is 41.9 Å². The molecule has 0 aliphatic carbocycles. The number of carbonyl (C=O) groups is 1. The van der Waals surface area contributed by atoms with Crippen molar-refractivity contribution in [2.75, 3.05) is 13.1 Å². The van der Waals surface area contributed by atoms with E-state index in [1.54, 1.807) is 4.90 Å². The van der Waals surface area contributed by atoms with Gasteiger partial charge in [0.2, 0.25) is 0 Å². The number of ether oxygens (including phenoxy) is 1. The summed E-state index contributed by atoms with van der Waals surface area (Å²) >= 11 is 5.63. The largest absolute Gasteiger partial charge is 0.444 e. The number of amides is 1. The zero-order valence-electron chi connectivity index (χ0n) is 11.1. The molecule has 1 aliphatic rings. The highest BCUT2D eigenvalue weighted by molar-refractivity contribution is 6.30. The van der Waals surface area contributed by atoms with Crippen LogP contribution in [0.5, 0.6) is 0 Å². The second kappa shape index (κ2) is 5.57. The molecule has 1 rings (SSSR count). The van der Waals surface area contributed by atoms with Crippen LogP contribution in [0.1, 0.15) is 27.2 Å². The van der Waals surface area contributed by atoms with Gasteiger partial charge in [-0.25, -0.2) is 9.79 Å². The number of likely N-dealkylation sites (tertiary alicyclic amines) is 1. The lowest BCUT2D eigenvalue weighted by Gasteiger charge is -2.31. The minimum Gasteiger partial charge on any atom is -0.444 e. The number of nitrogens with zero attached hydrogens (tertiary/aromatic N) is 2. The summed E-state index contributed by atoms with van der Waals surface area (Å²) in [7, 11) is 0. The van der Waals surface area contributed by atoms with Gasteiger partial charge >= 0.3 is 6.09 Å². The Balaban J connectivity index is 2.64. The van der Waals surface area contributed by atoms with Crippen molar-refractivity contribution in [2.24, 2.45) is 4.99 Å². The third kappa shape index (κ3) is 4.53. The first kappa shape index (κ1) is 14.8. The molecule has 0 aromatic carbocycles. The molecule has 0 atom stereocenters. The van der Waals surface area contributed by atoms with E-state index >= 15 is 0 Å². The molecule has 0 spiro atoms. The van der Waals surface area contributed by atoms with Crippen LogP contribution in [-0.4, -0.2) is 35.4 Å². The molecule has 0 N–H and O–H groups in total. The van der Waals surface area contributed by atoms with E-state index in [0.29, 0.717) is 19.5 Å². The molecule has 1 fully saturated rings. The van der Waals surface area contributed by atoms with Gasteiger partial charge < -0.3 is 9.64 Å². The standard InChI is InChI=1S/C13H19ClN2O2/c1-9-8-16(12(17)18-13(3,4)5)7-6-11(9)15-10(2)14/h1-2,6-8H2,3-5H3/b15-11-. The maximum absolute atomic E-state index is 11.9. The fourth-order valence-electron chi connectivity index (χ4n) is 1.58. The van der Waals surface area contributed by atoms with Crippen LogP contribution < -0.4 is 0 Å². The van der Waals surface area contributed by atoms with E-state index in [4.69, 9.17) is 16.3 Å². The van der Waals surface area contributed by atoms with Gasteiger partial charge in [0.1, 0.15) is 10.8 Å². The first-order valence-electron chi connectivity index (χ1n) is 5.77. The third-order valence-electron chi connectivity index (χ3n) is 2.32.